The normalized spacial score (nSPS) is 25.4. The Balaban J connectivity index is 1.61. The topological polar surface area (TPSA) is 72.9 Å². The van der Waals surface area contributed by atoms with Crippen LogP contribution in [0.5, 0.6) is 0 Å². The zero-order valence-electron chi connectivity index (χ0n) is 18.1. The van der Waals surface area contributed by atoms with E-state index in [1.807, 2.05) is 26.8 Å². The Labute approximate surface area is 174 Å². The number of nitrogens with zero attached hydrogens (tertiary/aromatic N) is 2. The maximum absolute atomic E-state index is 13.1. The van der Waals surface area contributed by atoms with Gasteiger partial charge in [-0.15, -0.1) is 0 Å². The predicted molar refractivity (Wildman–Crippen MR) is 114 cm³/mol. The van der Waals surface area contributed by atoms with E-state index in [4.69, 9.17) is 0 Å². The van der Waals surface area contributed by atoms with E-state index < -0.39 is 12.1 Å². The van der Waals surface area contributed by atoms with E-state index in [1.54, 1.807) is 0 Å². The van der Waals surface area contributed by atoms with Crippen LogP contribution in [0, 0.1) is 17.3 Å². The number of rotatable bonds is 6. The number of likely N-dealkylation sites (tertiary alicyclic amines) is 1. The molecule has 1 aliphatic heterocycles. The van der Waals surface area contributed by atoms with Crippen molar-refractivity contribution >= 4 is 12.0 Å². The maximum Gasteiger partial charge on any atom is 0.407 e. The van der Waals surface area contributed by atoms with Gasteiger partial charge < -0.3 is 10.4 Å². The van der Waals surface area contributed by atoms with Crippen molar-refractivity contribution in [1.82, 2.24) is 15.1 Å². The summed E-state index contributed by atoms with van der Waals surface area (Å²) in [5.74, 6) is 0.910. The van der Waals surface area contributed by atoms with E-state index in [0.29, 0.717) is 18.3 Å². The number of carbonyl (C=O) groups is 2. The molecular weight excluding hydrogens is 366 g/mol. The van der Waals surface area contributed by atoms with Gasteiger partial charge >= 0.3 is 6.09 Å². The van der Waals surface area contributed by atoms with Crippen molar-refractivity contribution in [1.29, 1.82) is 0 Å². The van der Waals surface area contributed by atoms with Gasteiger partial charge in [-0.1, -0.05) is 51.1 Å². The molecule has 3 unspecified atom stereocenters. The number of carbonyl (C=O) groups excluding carboxylic acids is 1. The summed E-state index contributed by atoms with van der Waals surface area (Å²) in [6.07, 6.45) is 1.55. The fraction of sp³-hybridized carbons (Fsp3) is 0.652. The molecule has 6 nitrogen and oxygen atoms in total. The van der Waals surface area contributed by atoms with Gasteiger partial charge in [0.05, 0.1) is 0 Å². The smallest absolute Gasteiger partial charge is 0.407 e. The Kier molecular flexibility index (Phi) is 6.52. The summed E-state index contributed by atoms with van der Waals surface area (Å²) in [5.41, 5.74) is 1.19. The van der Waals surface area contributed by atoms with Crippen molar-refractivity contribution in [2.24, 2.45) is 17.3 Å². The molecule has 1 aromatic carbocycles. The zero-order valence-corrected chi connectivity index (χ0v) is 18.1. The second kappa shape index (κ2) is 8.74. The molecular formula is C23H35N3O3. The first-order valence-electron chi connectivity index (χ1n) is 10.7. The van der Waals surface area contributed by atoms with Crippen LogP contribution in [0.25, 0.3) is 0 Å². The van der Waals surface area contributed by atoms with E-state index in [1.165, 1.54) is 12.6 Å². The molecule has 1 saturated heterocycles. The molecule has 2 N–H and O–H groups in total. The van der Waals surface area contributed by atoms with E-state index >= 15 is 0 Å². The van der Waals surface area contributed by atoms with Crippen LogP contribution in [0.2, 0.25) is 0 Å². The fourth-order valence-electron chi connectivity index (χ4n) is 4.91. The average molecular weight is 402 g/mol. The summed E-state index contributed by atoms with van der Waals surface area (Å²) in [6.45, 7) is 9.12. The summed E-state index contributed by atoms with van der Waals surface area (Å²) >= 11 is 0. The third-order valence-corrected chi connectivity index (χ3v) is 6.39. The largest absolute Gasteiger partial charge is 0.465 e. The van der Waals surface area contributed by atoms with Crippen molar-refractivity contribution in [3.8, 4) is 0 Å². The number of hydrogen-bond donors (Lipinski definition) is 2. The SMILES string of the molecule is CN(C(=O)O)C(CC(C)(C)C)C(=O)NC1CC[C@H]2CN(Cc3ccccc3)CC12. The van der Waals surface area contributed by atoms with Crippen molar-refractivity contribution in [2.75, 3.05) is 20.1 Å². The number of fused-ring (bicyclic) bond motifs is 1. The molecule has 4 atom stereocenters. The summed E-state index contributed by atoms with van der Waals surface area (Å²) in [6, 6.07) is 9.98. The number of hydrogen-bond acceptors (Lipinski definition) is 3. The number of likely N-dealkylation sites (N-methyl/N-ethyl adjacent to an activating group) is 1. The quantitative estimate of drug-likeness (QED) is 0.766. The Bertz CT molecular complexity index is 716. The van der Waals surface area contributed by atoms with Crippen molar-refractivity contribution in [3.63, 3.8) is 0 Å². The summed E-state index contributed by atoms with van der Waals surface area (Å²) in [7, 11) is 1.49. The standard InChI is InChI=1S/C23H35N3O3/c1-23(2,3)12-20(25(4)22(28)29)21(27)24-19-11-10-17-14-26(15-18(17)19)13-16-8-6-5-7-9-16/h5-9,17-20H,10-15H2,1-4H3,(H,24,27)(H,28,29)/t17-,18?,19?,20?/m0/s1. The molecule has 2 aliphatic rings. The van der Waals surface area contributed by atoms with Crippen LogP contribution in [0.3, 0.4) is 0 Å². The van der Waals surface area contributed by atoms with E-state index in [2.05, 4.69) is 34.5 Å². The average Bonchev–Trinajstić information content (AvgIpc) is 3.20. The minimum absolute atomic E-state index is 0.135. The van der Waals surface area contributed by atoms with Crippen LogP contribution in [0.15, 0.2) is 30.3 Å². The molecule has 1 aromatic rings. The summed E-state index contributed by atoms with van der Waals surface area (Å²) < 4.78 is 0. The highest BCUT2D eigenvalue weighted by Gasteiger charge is 2.44. The predicted octanol–water partition coefficient (Wildman–Crippen LogP) is 3.43. The second-order valence-electron chi connectivity index (χ2n) is 9.97. The minimum Gasteiger partial charge on any atom is -0.465 e. The van der Waals surface area contributed by atoms with E-state index in [0.717, 1.165) is 37.4 Å². The van der Waals surface area contributed by atoms with Gasteiger partial charge in [0, 0.05) is 32.7 Å². The van der Waals surface area contributed by atoms with E-state index in [-0.39, 0.29) is 17.4 Å². The maximum atomic E-state index is 13.1. The summed E-state index contributed by atoms with van der Waals surface area (Å²) in [4.78, 5) is 28.2. The van der Waals surface area contributed by atoms with Gasteiger partial charge in [-0.2, -0.15) is 0 Å². The summed E-state index contributed by atoms with van der Waals surface area (Å²) in [5, 5.41) is 12.6. The van der Waals surface area contributed by atoms with Crippen LogP contribution in [0.1, 0.15) is 45.6 Å². The van der Waals surface area contributed by atoms with Gasteiger partial charge in [0.1, 0.15) is 6.04 Å². The molecule has 2 amide bonds. The van der Waals surface area contributed by atoms with Gasteiger partial charge in [-0.05, 0) is 42.1 Å². The van der Waals surface area contributed by atoms with E-state index in [9.17, 15) is 14.7 Å². The molecule has 29 heavy (non-hydrogen) atoms. The van der Waals surface area contributed by atoms with Crippen molar-refractivity contribution in [3.05, 3.63) is 35.9 Å². The molecule has 0 aromatic heterocycles. The van der Waals surface area contributed by atoms with Crippen LogP contribution in [-0.4, -0.2) is 59.1 Å². The van der Waals surface area contributed by atoms with Gasteiger partial charge in [-0.3, -0.25) is 14.6 Å². The van der Waals surface area contributed by atoms with Crippen LogP contribution in [-0.2, 0) is 11.3 Å². The Morgan fingerprint density at radius 2 is 1.90 bits per heavy atom. The molecule has 6 heteroatoms. The highest BCUT2D eigenvalue weighted by molar-refractivity contribution is 5.85. The molecule has 1 aliphatic carbocycles. The fourth-order valence-corrected chi connectivity index (χ4v) is 4.91. The molecule has 0 spiro atoms. The number of carboxylic acid groups (broad SMARTS) is 1. The minimum atomic E-state index is -1.06. The Hall–Kier alpha value is -2.08. The first-order valence-corrected chi connectivity index (χ1v) is 10.7. The monoisotopic (exact) mass is 401 g/mol. The molecule has 0 bridgehead atoms. The second-order valence-corrected chi connectivity index (χ2v) is 9.97. The van der Waals surface area contributed by atoms with Crippen molar-refractivity contribution in [2.45, 2.75) is 58.7 Å². The van der Waals surface area contributed by atoms with Crippen LogP contribution < -0.4 is 5.32 Å². The zero-order chi connectivity index (χ0) is 21.2. The lowest BCUT2D eigenvalue weighted by Crippen LogP contribution is -2.52. The lowest BCUT2D eigenvalue weighted by atomic mass is 9.87. The van der Waals surface area contributed by atoms with Gasteiger partial charge in [0.2, 0.25) is 5.91 Å². The highest BCUT2D eigenvalue weighted by Crippen LogP contribution is 2.39. The number of nitrogens with one attached hydrogen (secondary N) is 1. The molecule has 1 heterocycles. The van der Waals surface area contributed by atoms with Crippen LogP contribution >= 0.6 is 0 Å². The number of benzene rings is 1. The van der Waals surface area contributed by atoms with Crippen LogP contribution in [0.4, 0.5) is 4.79 Å². The first-order chi connectivity index (χ1) is 13.6. The Morgan fingerprint density at radius 1 is 1.21 bits per heavy atom. The van der Waals surface area contributed by atoms with Gasteiger partial charge in [0.15, 0.2) is 0 Å². The lowest BCUT2D eigenvalue weighted by Gasteiger charge is -2.32. The Morgan fingerprint density at radius 3 is 2.52 bits per heavy atom. The lowest BCUT2D eigenvalue weighted by molar-refractivity contribution is -0.127. The molecule has 2 fully saturated rings. The third kappa shape index (κ3) is 5.50. The van der Waals surface area contributed by atoms with Crippen molar-refractivity contribution < 1.29 is 14.7 Å². The number of amides is 2. The molecule has 3 rings (SSSR count). The highest BCUT2D eigenvalue weighted by atomic mass is 16.4. The third-order valence-electron chi connectivity index (χ3n) is 6.39. The van der Waals surface area contributed by atoms with Gasteiger partial charge in [0.25, 0.3) is 0 Å². The molecule has 1 saturated carbocycles. The molecule has 0 radical (unpaired) electrons. The molecule has 160 valence electrons. The van der Waals surface area contributed by atoms with Gasteiger partial charge in [-0.25, -0.2) is 4.79 Å². The first kappa shape index (κ1) is 21.6.